The van der Waals surface area contributed by atoms with Crippen LogP contribution in [0, 0.1) is 13.8 Å². The van der Waals surface area contributed by atoms with Crippen LogP contribution in [0.5, 0.6) is 5.75 Å². The fraction of sp³-hybridized carbons (Fsp3) is 0.294. The van der Waals surface area contributed by atoms with Gasteiger partial charge < -0.3 is 9.84 Å². The third-order valence-electron chi connectivity index (χ3n) is 3.66. The molecule has 2 aromatic rings. The Bertz CT molecular complexity index is 796. The number of halogens is 1. The van der Waals surface area contributed by atoms with E-state index in [4.69, 9.17) is 16.3 Å². The van der Waals surface area contributed by atoms with Gasteiger partial charge >= 0.3 is 0 Å². The number of aryl methyl sites for hydroxylation is 2. The van der Waals surface area contributed by atoms with Crippen LogP contribution in [0.3, 0.4) is 0 Å². The zero-order chi connectivity index (χ0) is 17.9. The lowest BCUT2D eigenvalue weighted by Crippen LogP contribution is -2.29. The van der Waals surface area contributed by atoms with E-state index in [1.807, 2.05) is 0 Å². The second-order valence-corrected chi connectivity index (χ2v) is 7.65. The number of rotatable bonds is 6. The highest BCUT2D eigenvalue weighted by molar-refractivity contribution is 7.89. The number of aliphatic hydroxyl groups is 1. The van der Waals surface area contributed by atoms with Crippen LogP contribution in [-0.2, 0) is 10.0 Å². The molecule has 7 heteroatoms. The quantitative estimate of drug-likeness (QED) is 0.820. The van der Waals surface area contributed by atoms with Crippen molar-refractivity contribution in [2.75, 3.05) is 13.7 Å². The molecule has 0 aliphatic rings. The summed E-state index contributed by atoms with van der Waals surface area (Å²) in [5.41, 5.74) is 1.76. The average molecular weight is 370 g/mol. The summed E-state index contributed by atoms with van der Waals surface area (Å²) in [6, 6.07) is 9.93. The fourth-order valence-electron chi connectivity index (χ4n) is 2.52. The van der Waals surface area contributed by atoms with Crippen LogP contribution in [0.2, 0.25) is 5.02 Å². The average Bonchev–Trinajstić information content (AvgIpc) is 2.52. The van der Waals surface area contributed by atoms with Gasteiger partial charge in [-0.3, -0.25) is 0 Å². The van der Waals surface area contributed by atoms with E-state index in [1.54, 1.807) is 50.2 Å². The SMILES string of the molecule is COc1cc(C)c(S(=O)(=O)NCC(O)c2ccc(Cl)cc2)c(C)c1. The molecular weight excluding hydrogens is 350 g/mol. The van der Waals surface area contributed by atoms with E-state index in [1.165, 1.54) is 7.11 Å². The first kappa shape index (κ1) is 18.7. The summed E-state index contributed by atoms with van der Waals surface area (Å²) in [5.74, 6) is 0.602. The lowest BCUT2D eigenvalue weighted by atomic mass is 10.1. The topological polar surface area (TPSA) is 75.6 Å². The standard InChI is InChI=1S/C17H20ClNO4S/c1-11-8-15(23-3)9-12(2)17(11)24(21,22)19-10-16(20)13-4-6-14(18)7-5-13/h4-9,16,19-20H,10H2,1-3H3. The molecule has 0 saturated carbocycles. The van der Waals surface area contributed by atoms with Crippen LogP contribution in [-0.4, -0.2) is 27.2 Å². The molecule has 0 aliphatic heterocycles. The first-order valence-corrected chi connectivity index (χ1v) is 9.19. The molecule has 0 saturated heterocycles. The number of benzene rings is 2. The fourth-order valence-corrected chi connectivity index (χ4v) is 4.13. The normalized spacial score (nSPS) is 12.9. The van der Waals surface area contributed by atoms with Gasteiger partial charge in [0, 0.05) is 11.6 Å². The molecule has 0 amide bonds. The van der Waals surface area contributed by atoms with Crippen molar-refractivity contribution in [1.29, 1.82) is 0 Å². The van der Waals surface area contributed by atoms with Crippen molar-refractivity contribution in [3.8, 4) is 5.75 Å². The maximum Gasteiger partial charge on any atom is 0.241 e. The minimum Gasteiger partial charge on any atom is -0.497 e. The highest BCUT2D eigenvalue weighted by Crippen LogP contribution is 2.26. The van der Waals surface area contributed by atoms with Gasteiger partial charge in [-0.15, -0.1) is 0 Å². The van der Waals surface area contributed by atoms with Crippen LogP contribution in [0.1, 0.15) is 22.8 Å². The number of ether oxygens (including phenoxy) is 1. The lowest BCUT2D eigenvalue weighted by molar-refractivity contribution is 0.182. The van der Waals surface area contributed by atoms with Gasteiger partial charge in [-0.25, -0.2) is 13.1 Å². The molecule has 0 heterocycles. The Morgan fingerprint density at radius 3 is 2.21 bits per heavy atom. The van der Waals surface area contributed by atoms with Gasteiger partial charge in [0.05, 0.1) is 18.1 Å². The molecule has 130 valence electrons. The summed E-state index contributed by atoms with van der Waals surface area (Å²) in [6.07, 6.45) is -0.962. The Hall–Kier alpha value is -1.60. The predicted octanol–water partition coefficient (Wildman–Crippen LogP) is 2.98. The molecule has 1 unspecified atom stereocenters. The predicted molar refractivity (Wildman–Crippen MR) is 94.1 cm³/mol. The van der Waals surface area contributed by atoms with Crippen molar-refractivity contribution in [2.45, 2.75) is 24.8 Å². The number of nitrogens with one attached hydrogen (secondary N) is 1. The molecule has 0 spiro atoms. The summed E-state index contributed by atoms with van der Waals surface area (Å²) in [5, 5.41) is 10.7. The van der Waals surface area contributed by atoms with Crippen molar-refractivity contribution in [1.82, 2.24) is 4.72 Å². The van der Waals surface area contributed by atoms with Gasteiger partial charge in [0.1, 0.15) is 5.75 Å². The molecular formula is C17H20ClNO4S. The molecule has 0 aromatic heterocycles. The van der Waals surface area contributed by atoms with Crippen LogP contribution < -0.4 is 9.46 Å². The second kappa shape index (κ2) is 7.53. The minimum atomic E-state index is -3.75. The second-order valence-electron chi connectivity index (χ2n) is 5.51. The number of hydrogen-bond donors (Lipinski definition) is 2. The van der Waals surface area contributed by atoms with Crippen LogP contribution >= 0.6 is 11.6 Å². The Balaban J connectivity index is 2.18. The minimum absolute atomic E-state index is 0.130. The third-order valence-corrected chi connectivity index (χ3v) is 5.64. The van der Waals surface area contributed by atoms with E-state index >= 15 is 0 Å². The summed E-state index contributed by atoms with van der Waals surface area (Å²) in [7, 11) is -2.22. The largest absolute Gasteiger partial charge is 0.497 e. The summed E-state index contributed by atoms with van der Waals surface area (Å²) in [4.78, 5) is 0.201. The Kier molecular flexibility index (Phi) is 5.87. The van der Waals surface area contributed by atoms with Gasteiger partial charge in [0.2, 0.25) is 10.0 Å². The summed E-state index contributed by atoms with van der Waals surface area (Å²) < 4.78 is 32.8. The van der Waals surface area contributed by atoms with Gasteiger partial charge in [-0.2, -0.15) is 0 Å². The van der Waals surface area contributed by atoms with E-state index in [2.05, 4.69) is 4.72 Å². The van der Waals surface area contributed by atoms with Crippen LogP contribution in [0.25, 0.3) is 0 Å². The molecule has 0 aliphatic carbocycles. The van der Waals surface area contributed by atoms with E-state index < -0.39 is 16.1 Å². The first-order valence-electron chi connectivity index (χ1n) is 7.33. The van der Waals surface area contributed by atoms with E-state index in [0.29, 0.717) is 27.5 Å². The number of hydrogen-bond acceptors (Lipinski definition) is 4. The summed E-state index contributed by atoms with van der Waals surface area (Å²) >= 11 is 5.80. The van der Waals surface area contributed by atoms with Crippen LogP contribution in [0.4, 0.5) is 0 Å². The highest BCUT2D eigenvalue weighted by Gasteiger charge is 2.21. The molecule has 24 heavy (non-hydrogen) atoms. The third kappa shape index (κ3) is 4.27. The number of sulfonamides is 1. The number of aliphatic hydroxyl groups excluding tert-OH is 1. The zero-order valence-electron chi connectivity index (χ0n) is 13.7. The van der Waals surface area contributed by atoms with Gasteiger partial charge in [0.25, 0.3) is 0 Å². The molecule has 1 atom stereocenters. The van der Waals surface area contributed by atoms with E-state index in [0.717, 1.165) is 0 Å². The molecule has 0 fully saturated rings. The van der Waals surface area contributed by atoms with Crippen molar-refractivity contribution in [3.05, 3.63) is 58.1 Å². The molecule has 0 bridgehead atoms. The van der Waals surface area contributed by atoms with Crippen molar-refractivity contribution in [3.63, 3.8) is 0 Å². The van der Waals surface area contributed by atoms with E-state index in [-0.39, 0.29) is 11.4 Å². The Morgan fingerprint density at radius 1 is 1.17 bits per heavy atom. The first-order chi connectivity index (χ1) is 11.2. The summed E-state index contributed by atoms with van der Waals surface area (Å²) in [6.45, 7) is 3.29. The zero-order valence-corrected chi connectivity index (χ0v) is 15.3. The van der Waals surface area contributed by atoms with Crippen molar-refractivity contribution < 1.29 is 18.3 Å². The number of methoxy groups -OCH3 is 1. The highest BCUT2D eigenvalue weighted by atomic mass is 35.5. The van der Waals surface area contributed by atoms with Gasteiger partial charge in [0.15, 0.2) is 0 Å². The molecule has 2 rings (SSSR count). The smallest absolute Gasteiger partial charge is 0.241 e. The van der Waals surface area contributed by atoms with Crippen molar-refractivity contribution in [2.24, 2.45) is 0 Å². The Labute approximate surface area is 147 Å². The Morgan fingerprint density at radius 2 is 1.71 bits per heavy atom. The van der Waals surface area contributed by atoms with Crippen molar-refractivity contribution >= 4 is 21.6 Å². The molecule has 2 aromatic carbocycles. The molecule has 5 nitrogen and oxygen atoms in total. The monoisotopic (exact) mass is 369 g/mol. The molecule has 0 radical (unpaired) electrons. The van der Waals surface area contributed by atoms with Gasteiger partial charge in [-0.1, -0.05) is 23.7 Å². The molecule has 2 N–H and O–H groups in total. The van der Waals surface area contributed by atoms with Crippen LogP contribution in [0.15, 0.2) is 41.3 Å². The maximum absolute atomic E-state index is 12.6. The lowest BCUT2D eigenvalue weighted by Gasteiger charge is -2.16. The maximum atomic E-state index is 12.6. The van der Waals surface area contributed by atoms with Gasteiger partial charge in [-0.05, 0) is 54.8 Å². The van der Waals surface area contributed by atoms with E-state index in [9.17, 15) is 13.5 Å².